The molecule has 0 nitrogen and oxygen atoms in total. The molecule has 0 aliphatic heterocycles. The van der Waals surface area contributed by atoms with E-state index in [-0.39, 0.29) is 9.90 Å². The summed E-state index contributed by atoms with van der Waals surface area (Å²) in [6, 6.07) is 0. The minimum absolute atomic E-state index is 0. The zero-order valence-electron chi connectivity index (χ0n) is 7.12. The van der Waals surface area contributed by atoms with Crippen molar-refractivity contribution in [3.63, 3.8) is 0 Å². The molecular weight excluding hydrogens is 127 g/mol. The number of hydrogen-bond acceptors (Lipinski definition) is 0. The number of rotatable bonds is 2. The number of allylic oxidation sites excluding steroid dienone is 2. The van der Waals surface area contributed by atoms with Gasteiger partial charge in [0, 0.05) is 0 Å². The van der Waals surface area contributed by atoms with Gasteiger partial charge in [-0.05, 0) is 27.2 Å². The van der Waals surface area contributed by atoms with Crippen molar-refractivity contribution in [3.05, 3.63) is 11.1 Å². The van der Waals surface area contributed by atoms with Gasteiger partial charge in [-0.2, -0.15) is 9.90 Å². The van der Waals surface area contributed by atoms with Crippen molar-refractivity contribution in [1.82, 2.24) is 0 Å². The summed E-state index contributed by atoms with van der Waals surface area (Å²) in [5.74, 6) is 0. The van der Waals surface area contributed by atoms with Gasteiger partial charge in [0.05, 0.1) is 0 Å². The van der Waals surface area contributed by atoms with Crippen LogP contribution in [0.4, 0.5) is 0 Å². The SMILES string of the molecule is CCCC(C)=C(C)C.P. The second-order valence-corrected chi connectivity index (χ2v) is 2.53. The molecule has 0 N–H and O–H groups in total. The van der Waals surface area contributed by atoms with Crippen molar-refractivity contribution in [2.75, 3.05) is 0 Å². The first kappa shape index (κ1) is 11.9. The van der Waals surface area contributed by atoms with E-state index in [2.05, 4.69) is 27.7 Å². The van der Waals surface area contributed by atoms with Crippen molar-refractivity contribution in [1.29, 1.82) is 0 Å². The summed E-state index contributed by atoms with van der Waals surface area (Å²) < 4.78 is 0. The first-order chi connectivity index (χ1) is 3.68. The van der Waals surface area contributed by atoms with Crippen molar-refractivity contribution in [2.45, 2.75) is 40.5 Å². The summed E-state index contributed by atoms with van der Waals surface area (Å²) in [7, 11) is 0. The topological polar surface area (TPSA) is 0 Å². The third kappa shape index (κ3) is 6.05. The van der Waals surface area contributed by atoms with E-state index >= 15 is 0 Å². The quantitative estimate of drug-likeness (QED) is 0.414. The predicted molar refractivity (Wildman–Crippen MR) is 50.1 cm³/mol. The highest BCUT2D eigenvalue weighted by molar-refractivity contribution is 6.92. The summed E-state index contributed by atoms with van der Waals surface area (Å²) in [4.78, 5) is 0. The minimum atomic E-state index is 0. The highest BCUT2D eigenvalue weighted by atomic mass is 31.0. The standard InChI is InChI=1S/C8H16.H3P/c1-5-6-8(4)7(2)3;/h5-6H2,1-4H3;1H3. The van der Waals surface area contributed by atoms with Crippen molar-refractivity contribution < 1.29 is 0 Å². The van der Waals surface area contributed by atoms with E-state index in [4.69, 9.17) is 0 Å². The van der Waals surface area contributed by atoms with Gasteiger partial charge in [-0.1, -0.05) is 24.5 Å². The fraction of sp³-hybridized carbons (Fsp3) is 0.750. The monoisotopic (exact) mass is 146 g/mol. The van der Waals surface area contributed by atoms with Crippen LogP contribution in [0.15, 0.2) is 11.1 Å². The maximum absolute atomic E-state index is 2.21. The fourth-order valence-electron chi connectivity index (χ4n) is 0.625. The normalized spacial score (nSPS) is 8.00. The Morgan fingerprint density at radius 1 is 1.11 bits per heavy atom. The van der Waals surface area contributed by atoms with Crippen LogP contribution in [-0.2, 0) is 0 Å². The van der Waals surface area contributed by atoms with Crippen LogP contribution < -0.4 is 0 Å². The van der Waals surface area contributed by atoms with Crippen LogP contribution >= 0.6 is 9.90 Å². The molecular formula is C8H19P. The Labute approximate surface area is 62.4 Å². The van der Waals surface area contributed by atoms with Gasteiger partial charge in [0.15, 0.2) is 0 Å². The second kappa shape index (κ2) is 6.29. The molecule has 0 aliphatic rings. The van der Waals surface area contributed by atoms with Crippen molar-refractivity contribution >= 4 is 9.90 Å². The lowest BCUT2D eigenvalue weighted by molar-refractivity contribution is 0.890. The largest absolute Gasteiger partial charge is 0.153 e. The summed E-state index contributed by atoms with van der Waals surface area (Å²) in [6.45, 7) is 8.77. The molecule has 0 spiro atoms. The lowest BCUT2D eigenvalue weighted by Crippen LogP contribution is -1.77. The molecule has 0 aromatic heterocycles. The Balaban J connectivity index is 0. The molecule has 56 valence electrons. The molecule has 1 atom stereocenters. The Hall–Kier alpha value is 0.170. The van der Waals surface area contributed by atoms with E-state index in [0.29, 0.717) is 0 Å². The molecule has 0 fully saturated rings. The van der Waals surface area contributed by atoms with Crippen LogP contribution in [-0.4, -0.2) is 0 Å². The van der Waals surface area contributed by atoms with E-state index in [1.165, 1.54) is 18.4 Å². The summed E-state index contributed by atoms with van der Waals surface area (Å²) in [5, 5.41) is 0. The first-order valence-corrected chi connectivity index (χ1v) is 3.31. The van der Waals surface area contributed by atoms with Crippen LogP contribution in [0.5, 0.6) is 0 Å². The van der Waals surface area contributed by atoms with Crippen molar-refractivity contribution in [2.24, 2.45) is 0 Å². The molecule has 0 rings (SSSR count). The molecule has 0 bridgehead atoms. The van der Waals surface area contributed by atoms with Crippen LogP contribution in [0.2, 0.25) is 0 Å². The van der Waals surface area contributed by atoms with Crippen molar-refractivity contribution in [3.8, 4) is 0 Å². The fourth-order valence-corrected chi connectivity index (χ4v) is 0.625. The molecule has 0 aromatic carbocycles. The predicted octanol–water partition coefficient (Wildman–Crippen LogP) is 3.20. The molecule has 0 heterocycles. The third-order valence-corrected chi connectivity index (χ3v) is 1.48. The average molecular weight is 146 g/mol. The van der Waals surface area contributed by atoms with E-state index in [1.807, 2.05) is 0 Å². The maximum Gasteiger partial charge on any atom is -0.0323 e. The van der Waals surface area contributed by atoms with Gasteiger partial charge in [-0.15, -0.1) is 0 Å². The molecule has 1 unspecified atom stereocenters. The minimum Gasteiger partial charge on any atom is -0.153 e. The smallest absolute Gasteiger partial charge is 0.0323 e. The number of hydrogen-bond donors (Lipinski definition) is 0. The van der Waals surface area contributed by atoms with Crippen LogP contribution in [0.3, 0.4) is 0 Å². The van der Waals surface area contributed by atoms with Gasteiger partial charge in [0.2, 0.25) is 0 Å². The van der Waals surface area contributed by atoms with E-state index in [9.17, 15) is 0 Å². The molecule has 0 aromatic rings. The Morgan fingerprint density at radius 3 is 1.67 bits per heavy atom. The molecule has 0 amide bonds. The molecule has 0 saturated heterocycles. The Bertz CT molecular complexity index is 88.7. The molecule has 1 heteroatoms. The average Bonchev–Trinajstić information content (AvgIpc) is 1.67. The van der Waals surface area contributed by atoms with Gasteiger partial charge in [-0.25, -0.2) is 0 Å². The molecule has 0 saturated carbocycles. The van der Waals surface area contributed by atoms with E-state index in [0.717, 1.165) is 0 Å². The highest BCUT2D eigenvalue weighted by Gasteiger charge is 1.87. The van der Waals surface area contributed by atoms with Crippen LogP contribution in [0, 0.1) is 0 Å². The maximum atomic E-state index is 2.21. The van der Waals surface area contributed by atoms with Gasteiger partial charge in [-0.3, -0.25) is 0 Å². The Kier molecular flexibility index (Phi) is 8.32. The zero-order valence-corrected chi connectivity index (χ0v) is 8.54. The second-order valence-electron chi connectivity index (χ2n) is 2.53. The van der Waals surface area contributed by atoms with Crippen LogP contribution in [0.25, 0.3) is 0 Å². The van der Waals surface area contributed by atoms with Crippen LogP contribution in [0.1, 0.15) is 40.5 Å². The Morgan fingerprint density at radius 2 is 1.56 bits per heavy atom. The van der Waals surface area contributed by atoms with Gasteiger partial charge in [0.25, 0.3) is 0 Å². The zero-order chi connectivity index (χ0) is 6.57. The molecule has 0 radical (unpaired) electrons. The summed E-state index contributed by atoms with van der Waals surface area (Å²) in [5.41, 5.74) is 3.03. The summed E-state index contributed by atoms with van der Waals surface area (Å²) in [6.07, 6.45) is 2.54. The van der Waals surface area contributed by atoms with E-state index < -0.39 is 0 Å². The highest BCUT2D eigenvalue weighted by Crippen LogP contribution is 2.07. The van der Waals surface area contributed by atoms with Gasteiger partial charge < -0.3 is 0 Å². The lowest BCUT2D eigenvalue weighted by atomic mass is 10.1. The first-order valence-electron chi connectivity index (χ1n) is 3.31. The summed E-state index contributed by atoms with van der Waals surface area (Å²) >= 11 is 0. The van der Waals surface area contributed by atoms with E-state index in [1.54, 1.807) is 5.57 Å². The van der Waals surface area contributed by atoms with Gasteiger partial charge in [0.1, 0.15) is 0 Å². The van der Waals surface area contributed by atoms with Gasteiger partial charge >= 0.3 is 0 Å². The lowest BCUT2D eigenvalue weighted by Gasteiger charge is -1.98. The molecule has 9 heavy (non-hydrogen) atoms. The third-order valence-electron chi connectivity index (χ3n) is 1.48. The molecule has 0 aliphatic carbocycles.